The summed E-state index contributed by atoms with van der Waals surface area (Å²) in [7, 11) is 1.73. The lowest BCUT2D eigenvalue weighted by atomic mass is 10.1. The first-order valence-corrected chi connectivity index (χ1v) is 13.4. The Morgan fingerprint density at radius 2 is 1.67 bits per heavy atom. The van der Waals surface area contributed by atoms with Gasteiger partial charge in [0.15, 0.2) is 0 Å². The van der Waals surface area contributed by atoms with Gasteiger partial charge in [0.25, 0.3) is 0 Å². The highest BCUT2D eigenvalue weighted by atomic mass is 32.2. The van der Waals surface area contributed by atoms with Gasteiger partial charge in [0.2, 0.25) is 0 Å². The van der Waals surface area contributed by atoms with Crippen molar-refractivity contribution in [3.05, 3.63) is 89.7 Å². The smallest absolute Gasteiger partial charge is 0.125 e. The Balaban J connectivity index is 1.14. The van der Waals surface area contributed by atoms with Crippen LogP contribution < -0.4 is 9.64 Å². The van der Waals surface area contributed by atoms with Crippen LogP contribution in [0.15, 0.2) is 77.7 Å². The molecule has 1 saturated heterocycles. The fourth-order valence-corrected chi connectivity index (χ4v) is 6.13. The first kappa shape index (κ1) is 25.1. The summed E-state index contributed by atoms with van der Waals surface area (Å²) in [5, 5.41) is 0. The van der Waals surface area contributed by atoms with Gasteiger partial charge < -0.3 is 14.4 Å². The molecule has 3 aromatic carbocycles. The molecule has 0 N–H and O–H groups in total. The van der Waals surface area contributed by atoms with Gasteiger partial charge in [-0.1, -0.05) is 36.4 Å². The number of hydrogen-bond donors (Lipinski definition) is 0. The van der Waals surface area contributed by atoms with E-state index in [2.05, 4.69) is 50.5 Å². The van der Waals surface area contributed by atoms with Crippen molar-refractivity contribution in [1.29, 1.82) is 0 Å². The van der Waals surface area contributed by atoms with Crippen molar-refractivity contribution in [3.8, 4) is 5.75 Å². The predicted octanol–water partition coefficient (Wildman–Crippen LogP) is 5.63. The topological polar surface area (TPSA) is 28.2 Å². The van der Waals surface area contributed by atoms with Crippen LogP contribution in [0.1, 0.15) is 23.7 Å². The Morgan fingerprint density at radius 1 is 0.889 bits per heavy atom. The van der Waals surface area contributed by atoms with E-state index in [9.17, 15) is 4.39 Å². The zero-order chi connectivity index (χ0) is 24.7. The third-order valence-electron chi connectivity index (χ3n) is 6.90. The van der Waals surface area contributed by atoms with Crippen LogP contribution in [0.5, 0.6) is 5.75 Å². The van der Waals surface area contributed by atoms with Crippen LogP contribution in [-0.4, -0.2) is 62.1 Å². The Kier molecular flexibility index (Phi) is 8.43. The van der Waals surface area contributed by atoms with Crippen LogP contribution in [0.2, 0.25) is 0 Å². The van der Waals surface area contributed by atoms with Gasteiger partial charge in [-0.3, -0.25) is 4.90 Å². The lowest BCUT2D eigenvalue weighted by molar-refractivity contribution is 0.0228. The van der Waals surface area contributed by atoms with Gasteiger partial charge in [0.1, 0.15) is 17.7 Å². The molecule has 0 amide bonds. The number of piperazine rings is 1. The van der Waals surface area contributed by atoms with Crippen molar-refractivity contribution in [2.24, 2.45) is 0 Å². The van der Waals surface area contributed by atoms with Crippen LogP contribution in [0.3, 0.4) is 0 Å². The molecule has 5 rings (SSSR count). The second kappa shape index (κ2) is 12.1. The van der Waals surface area contributed by atoms with Gasteiger partial charge >= 0.3 is 0 Å². The Bertz CT molecular complexity index is 1110. The normalized spacial score (nSPS) is 18.7. The summed E-state index contributed by atoms with van der Waals surface area (Å²) in [6.45, 7) is 7.53. The van der Waals surface area contributed by atoms with E-state index < -0.39 is 0 Å². The number of anilines is 1. The number of hydrogen-bond acceptors (Lipinski definition) is 6. The summed E-state index contributed by atoms with van der Waals surface area (Å²) in [5.41, 5.74) is 3.45. The number of ether oxygens (including phenoxy) is 2. The highest BCUT2D eigenvalue weighted by molar-refractivity contribution is 7.97. The van der Waals surface area contributed by atoms with Gasteiger partial charge in [0.05, 0.1) is 13.7 Å². The summed E-state index contributed by atoms with van der Waals surface area (Å²) >= 11 is 1.81. The van der Waals surface area contributed by atoms with Crippen molar-refractivity contribution in [2.45, 2.75) is 24.0 Å². The lowest BCUT2D eigenvalue weighted by Gasteiger charge is -2.37. The van der Waals surface area contributed by atoms with Gasteiger partial charge in [-0.25, -0.2) is 8.70 Å². The molecule has 0 bridgehead atoms. The van der Waals surface area contributed by atoms with E-state index in [0.717, 1.165) is 69.2 Å². The summed E-state index contributed by atoms with van der Waals surface area (Å²) in [6, 6.07) is 23.4. The van der Waals surface area contributed by atoms with E-state index in [4.69, 9.17) is 9.47 Å². The zero-order valence-electron chi connectivity index (χ0n) is 20.8. The lowest BCUT2D eigenvalue weighted by Crippen LogP contribution is -2.47. The number of halogens is 1. The van der Waals surface area contributed by atoms with Crippen LogP contribution in [-0.2, 0) is 11.3 Å². The molecule has 1 fully saturated rings. The second-order valence-electron chi connectivity index (χ2n) is 9.30. The number of nitrogens with zero attached hydrogens (tertiary/aromatic N) is 3. The van der Waals surface area contributed by atoms with Crippen molar-refractivity contribution in [1.82, 2.24) is 9.21 Å². The quantitative estimate of drug-likeness (QED) is 0.349. The van der Waals surface area contributed by atoms with E-state index >= 15 is 0 Å². The van der Waals surface area contributed by atoms with E-state index in [1.165, 1.54) is 10.5 Å². The fourth-order valence-electron chi connectivity index (χ4n) is 4.95. The second-order valence-corrected chi connectivity index (χ2v) is 10.4. The Labute approximate surface area is 217 Å². The molecule has 5 nitrogen and oxygen atoms in total. The van der Waals surface area contributed by atoms with Crippen LogP contribution >= 0.6 is 11.9 Å². The number of benzene rings is 3. The minimum Gasteiger partial charge on any atom is -0.496 e. The van der Waals surface area contributed by atoms with E-state index in [0.29, 0.717) is 6.61 Å². The molecule has 0 aromatic heterocycles. The molecule has 3 aromatic rings. The van der Waals surface area contributed by atoms with Gasteiger partial charge in [-0.15, -0.1) is 0 Å². The Morgan fingerprint density at radius 3 is 2.42 bits per heavy atom. The zero-order valence-corrected chi connectivity index (χ0v) is 21.6. The fraction of sp³-hybridized carbons (Fsp3) is 0.379. The molecular formula is C29H34FN3O2S. The maximum atomic E-state index is 13.2. The molecule has 2 aliphatic rings. The Hall–Kier alpha value is -2.58. The average molecular weight is 508 g/mol. The van der Waals surface area contributed by atoms with Crippen LogP contribution in [0.4, 0.5) is 10.1 Å². The van der Waals surface area contributed by atoms with E-state index in [-0.39, 0.29) is 11.9 Å². The van der Waals surface area contributed by atoms with Crippen molar-refractivity contribution in [3.63, 3.8) is 0 Å². The molecule has 0 saturated carbocycles. The minimum atomic E-state index is -0.179. The third kappa shape index (κ3) is 6.21. The van der Waals surface area contributed by atoms with E-state index in [1.807, 2.05) is 36.2 Å². The van der Waals surface area contributed by atoms with Crippen LogP contribution in [0, 0.1) is 5.82 Å². The highest BCUT2D eigenvalue weighted by Crippen LogP contribution is 2.43. The largest absolute Gasteiger partial charge is 0.496 e. The summed E-state index contributed by atoms with van der Waals surface area (Å²) < 4.78 is 27.8. The van der Waals surface area contributed by atoms with Crippen molar-refractivity contribution in [2.75, 3.05) is 57.8 Å². The summed E-state index contributed by atoms with van der Waals surface area (Å²) in [4.78, 5) is 6.09. The molecule has 1 unspecified atom stereocenters. The van der Waals surface area contributed by atoms with E-state index in [1.54, 1.807) is 19.2 Å². The maximum Gasteiger partial charge on any atom is 0.125 e. The molecule has 0 spiro atoms. The molecule has 0 radical (unpaired) electrons. The van der Waals surface area contributed by atoms with Gasteiger partial charge in [0, 0.05) is 55.4 Å². The average Bonchev–Trinajstić information content (AvgIpc) is 2.93. The molecule has 1 atom stereocenters. The predicted molar refractivity (Wildman–Crippen MR) is 144 cm³/mol. The highest BCUT2D eigenvalue weighted by Gasteiger charge is 2.30. The van der Waals surface area contributed by atoms with Gasteiger partial charge in [-0.2, -0.15) is 0 Å². The molecule has 190 valence electrons. The SMILES string of the molecule is COc1cccc2c1C(OCc1ccccc1)CN(CCCN1CCN(c3ccc(F)cc3)CC1)S2. The molecule has 7 heteroatoms. The van der Waals surface area contributed by atoms with Gasteiger partial charge in [-0.05, 0) is 66.9 Å². The first-order chi connectivity index (χ1) is 17.7. The van der Waals surface area contributed by atoms with Crippen molar-refractivity contribution >= 4 is 17.6 Å². The molecular weight excluding hydrogens is 473 g/mol. The standard InChI is InChI=1S/C29H34FN3O2S/c1-34-26-9-5-10-28-29(26)27(35-22-23-7-3-2-4-8-23)21-33(36-28)16-6-15-31-17-19-32(20-18-31)25-13-11-24(30)12-14-25/h2-5,7-14,27H,6,15-22H2,1H3. The number of fused-ring (bicyclic) bond motifs is 1. The first-order valence-electron chi connectivity index (χ1n) is 12.7. The molecule has 36 heavy (non-hydrogen) atoms. The third-order valence-corrected chi connectivity index (χ3v) is 8.05. The molecule has 0 aliphatic carbocycles. The monoisotopic (exact) mass is 507 g/mol. The summed E-state index contributed by atoms with van der Waals surface area (Å²) in [6.07, 6.45) is 1.07. The van der Waals surface area contributed by atoms with Crippen molar-refractivity contribution < 1.29 is 13.9 Å². The number of methoxy groups -OCH3 is 1. The minimum absolute atomic E-state index is 0.0307. The number of rotatable bonds is 9. The molecule has 2 heterocycles. The summed E-state index contributed by atoms with van der Waals surface area (Å²) in [5.74, 6) is 0.721. The maximum absolute atomic E-state index is 13.2. The molecule has 2 aliphatic heterocycles. The van der Waals surface area contributed by atoms with Crippen LogP contribution in [0.25, 0.3) is 0 Å².